The molecule has 0 aromatic rings. The molecule has 0 saturated heterocycles. The van der Waals surface area contributed by atoms with Crippen molar-refractivity contribution in [1.82, 2.24) is 6.15 Å². The van der Waals surface area contributed by atoms with Gasteiger partial charge >= 0.3 is 0 Å². The van der Waals surface area contributed by atoms with E-state index in [0.717, 1.165) is 6.42 Å². The summed E-state index contributed by atoms with van der Waals surface area (Å²) in [7, 11) is 0. The molecular formula is C18H40N2. The second kappa shape index (κ2) is 20.8. The quantitative estimate of drug-likeness (QED) is 0.337. The molecule has 0 rings (SSSR count). The molecule has 0 amide bonds. The lowest BCUT2D eigenvalue weighted by Crippen LogP contribution is -1.83. The Kier molecular flexibility index (Phi) is 22.7. The van der Waals surface area contributed by atoms with Crippen molar-refractivity contribution in [3.8, 4) is 0 Å². The molecule has 20 heavy (non-hydrogen) atoms. The number of rotatable bonds is 15. The molecule has 2 nitrogen and oxygen atoms in total. The van der Waals surface area contributed by atoms with Gasteiger partial charge in [-0.05, 0) is 19.0 Å². The summed E-state index contributed by atoms with van der Waals surface area (Å²) >= 11 is 0. The first-order valence-electron chi connectivity index (χ1n) is 8.78. The Morgan fingerprint density at radius 3 is 1.30 bits per heavy atom. The molecule has 0 aliphatic carbocycles. The normalized spacial score (nSPS) is 10.8. The molecule has 0 aromatic heterocycles. The maximum absolute atomic E-state index is 5.30. The Morgan fingerprint density at radius 2 is 0.950 bits per heavy atom. The Morgan fingerprint density at radius 1 is 0.600 bits per heavy atom. The molecule has 0 heterocycles. The van der Waals surface area contributed by atoms with E-state index in [1.165, 1.54) is 89.9 Å². The maximum atomic E-state index is 5.30. The highest BCUT2D eigenvalue weighted by atomic mass is 14.5. The molecule has 0 aliphatic rings. The molecule has 2 heteroatoms. The van der Waals surface area contributed by atoms with Crippen LogP contribution < -0.4 is 11.9 Å². The number of nitrogens with two attached hydrogens (primary N) is 1. The highest BCUT2D eigenvalue weighted by Crippen LogP contribution is 2.13. The van der Waals surface area contributed by atoms with Crippen LogP contribution in [0, 0.1) is 0 Å². The fraction of sp³-hybridized carbons (Fsp3) is 0.889. The average Bonchev–Trinajstić information content (AvgIpc) is 2.43. The molecule has 0 unspecified atom stereocenters. The van der Waals surface area contributed by atoms with Crippen LogP contribution in [0.25, 0.3) is 0 Å². The molecule has 5 N–H and O–H groups in total. The molecule has 122 valence electrons. The minimum Gasteiger partial charge on any atom is -0.405 e. The Hall–Kier alpha value is -0.500. The maximum Gasteiger partial charge on any atom is -0.0103 e. The minimum absolute atomic E-state index is 0. The third kappa shape index (κ3) is 19.8. The minimum atomic E-state index is 0. The topological polar surface area (TPSA) is 61.0 Å². The van der Waals surface area contributed by atoms with Crippen LogP contribution in [0.2, 0.25) is 0 Å². The van der Waals surface area contributed by atoms with Crippen molar-refractivity contribution < 1.29 is 0 Å². The fourth-order valence-corrected chi connectivity index (χ4v) is 2.55. The zero-order valence-electron chi connectivity index (χ0n) is 14.0. The first-order chi connectivity index (χ1) is 9.41. The van der Waals surface area contributed by atoms with E-state index in [9.17, 15) is 0 Å². The summed E-state index contributed by atoms with van der Waals surface area (Å²) in [5.41, 5.74) is 5.30. The van der Waals surface area contributed by atoms with Crippen molar-refractivity contribution in [2.24, 2.45) is 5.73 Å². The third-order valence-corrected chi connectivity index (χ3v) is 3.86. The van der Waals surface area contributed by atoms with Gasteiger partial charge in [0.05, 0.1) is 0 Å². The lowest BCUT2D eigenvalue weighted by Gasteiger charge is -2.02. The second-order valence-corrected chi connectivity index (χ2v) is 5.81. The number of hydrogen-bond donors (Lipinski definition) is 2. The van der Waals surface area contributed by atoms with Crippen molar-refractivity contribution in [3.63, 3.8) is 0 Å². The summed E-state index contributed by atoms with van der Waals surface area (Å²) in [6, 6.07) is 0. The van der Waals surface area contributed by atoms with E-state index in [1.54, 1.807) is 6.20 Å². The van der Waals surface area contributed by atoms with E-state index in [1.807, 2.05) is 0 Å². The van der Waals surface area contributed by atoms with Crippen LogP contribution in [0.15, 0.2) is 12.3 Å². The lowest BCUT2D eigenvalue weighted by atomic mass is 10.0. The molecule has 0 fully saturated rings. The predicted molar refractivity (Wildman–Crippen MR) is 93.3 cm³/mol. The largest absolute Gasteiger partial charge is 0.405 e. The highest BCUT2D eigenvalue weighted by Gasteiger charge is 1.93. The van der Waals surface area contributed by atoms with E-state index in [4.69, 9.17) is 5.73 Å². The molecule has 0 bridgehead atoms. The second-order valence-electron chi connectivity index (χ2n) is 5.81. The van der Waals surface area contributed by atoms with Crippen LogP contribution in [-0.4, -0.2) is 0 Å². The first kappa shape index (κ1) is 21.8. The summed E-state index contributed by atoms with van der Waals surface area (Å²) in [4.78, 5) is 0. The van der Waals surface area contributed by atoms with Crippen LogP contribution in [0.3, 0.4) is 0 Å². The zero-order valence-corrected chi connectivity index (χ0v) is 14.0. The van der Waals surface area contributed by atoms with Gasteiger partial charge in [0.25, 0.3) is 0 Å². The molecule has 0 aromatic carbocycles. The van der Waals surface area contributed by atoms with Crippen LogP contribution in [-0.2, 0) is 0 Å². The van der Waals surface area contributed by atoms with Gasteiger partial charge in [-0.25, -0.2) is 0 Å². The number of unbranched alkanes of at least 4 members (excludes halogenated alkanes) is 14. The molecule has 0 aliphatic heterocycles. The molecule has 0 atom stereocenters. The summed E-state index contributed by atoms with van der Waals surface area (Å²) in [5, 5.41) is 0. The fourth-order valence-electron chi connectivity index (χ4n) is 2.55. The SMILES string of the molecule is CCCCCCCCCCCCCCCCC=CN.N. The summed E-state index contributed by atoms with van der Waals surface area (Å²) < 4.78 is 0. The average molecular weight is 285 g/mol. The number of hydrogen-bond acceptors (Lipinski definition) is 2. The highest BCUT2D eigenvalue weighted by molar-refractivity contribution is 4.74. The Bertz CT molecular complexity index is 178. The monoisotopic (exact) mass is 284 g/mol. The number of allylic oxidation sites excluding steroid dienone is 1. The predicted octanol–water partition coefficient (Wildman–Crippen LogP) is 6.49. The van der Waals surface area contributed by atoms with Gasteiger partial charge in [0.15, 0.2) is 0 Å². The van der Waals surface area contributed by atoms with Crippen molar-refractivity contribution in [1.29, 1.82) is 0 Å². The first-order valence-corrected chi connectivity index (χ1v) is 8.78. The molecule has 0 radical (unpaired) electrons. The van der Waals surface area contributed by atoms with E-state index < -0.39 is 0 Å². The van der Waals surface area contributed by atoms with Crippen molar-refractivity contribution in [3.05, 3.63) is 12.3 Å². The van der Waals surface area contributed by atoms with Crippen molar-refractivity contribution in [2.75, 3.05) is 0 Å². The zero-order chi connectivity index (χ0) is 14.0. The van der Waals surface area contributed by atoms with Crippen LogP contribution in [0.1, 0.15) is 103 Å². The van der Waals surface area contributed by atoms with Gasteiger partial charge in [0, 0.05) is 0 Å². The van der Waals surface area contributed by atoms with Crippen molar-refractivity contribution in [2.45, 2.75) is 103 Å². The van der Waals surface area contributed by atoms with Crippen LogP contribution >= 0.6 is 0 Å². The van der Waals surface area contributed by atoms with E-state index >= 15 is 0 Å². The van der Waals surface area contributed by atoms with Gasteiger partial charge in [-0.2, -0.15) is 0 Å². The van der Waals surface area contributed by atoms with Crippen LogP contribution in [0.4, 0.5) is 0 Å². The standard InChI is InChI=1S/C18H37N.H3N/c1-2-3-4-5-6-7-8-9-10-11-12-13-14-15-16-17-18-19;/h17-18H,2-16,19H2,1H3;1H3. The Labute approximate surface area is 128 Å². The van der Waals surface area contributed by atoms with Crippen LogP contribution in [0.5, 0.6) is 0 Å². The summed E-state index contributed by atoms with van der Waals surface area (Å²) in [5.74, 6) is 0. The summed E-state index contributed by atoms with van der Waals surface area (Å²) in [6.07, 6.45) is 24.9. The van der Waals surface area contributed by atoms with Gasteiger partial charge in [-0.15, -0.1) is 0 Å². The third-order valence-electron chi connectivity index (χ3n) is 3.86. The van der Waals surface area contributed by atoms with Gasteiger partial charge < -0.3 is 11.9 Å². The van der Waals surface area contributed by atoms with E-state index in [0.29, 0.717) is 0 Å². The van der Waals surface area contributed by atoms with Gasteiger partial charge in [0.1, 0.15) is 0 Å². The Balaban J connectivity index is 0. The lowest BCUT2D eigenvalue weighted by molar-refractivity contribution is 0.536. The summed E-state index contributed by atoms with van der Waals surface area (Å²) in [6.45, 7) is 2.29. The van der Waals surface area contributed by atoms with Crippen molar-refractivity contribution >= 4 is 0 Å². The van der Waals surface area contributed by atoms with Gasteiger partial charge in [-0.1, -0.05) is 96.5 Å². The van der Waals surface area contributed by atoms with E-state index in [-0.39, 0.29) is 6.15 Å². The van der Waals surface area contributed by atoms with Gasteiger partial charge in [0.2, 0.25) is 0 Å². The smallest absolute Gasteiger partial charge is 0.0103 e. The van der Waals surface area contributed by atoms with E-state index in [2.05, 4.69) is 13.0 Å². The molecule has 0 spiro atoms. The van der Waals surface area contributed by atoms with Gasteiger partial charge in [-0.3, -0.25) is 0 Å². The molecule has 0 saturated carbocycles. The molecular weight excluding hydrogens is 244 g/mol.